The lowest BCUT2D eigenvalue weighted by Crippen LogP contribution is -2.24. The molecule has 0 amide bonds. The van der Waals surface area contributed by atoms with Gasteiger partial charge in [0.1, 0.15) is 0 Å². The molecular formula is C6H10INO. The van der Waals surface area contributed by atoms with Crippen LogP contribution >= 0.6 is 20.7 Å². The minimum Gasteiger partial charge on any atom is -0.614 e. The van der Waals surface area contributed by atoms with Gasteiger partial charge in [-0.3, -0.25) is 0 Å². The maximum atomic E-state index is 10.8. The van der Waals surface area contributed by atoms with Crippen LogP contribution in [0.2, 0.25) is 0 Å². The van der Waals surface area contributed by atoms with Crippen molar-refractivity contribution in [3.8, 4) is 0 Å². The molecule has 2 nitrogen and oxygen atoms in total. The van der Waals surface area contributed by atoms with Gasteiger partial charge < -0.3 is 5.21 Å². The Labute approximate surface area is 65.2 Å². The van der Waals surface area contributed by atoms with Crippen molar-refractivity contribution in [1.82, 2.24) is 0 Å². The van der Waals surface area contributed by atoms with Crippen molar-refractivity contribution in [2.24, 2.45) is 0 Å². The number of nitrogens with zero attached hydrogens (tertiary/aromatic N) is 1. The van der Waals surface area contributed by atoms with E-state index in [1.165, 1.54) is 0 Å². The van der Waals surface area contributed by atoms with Crippen molar-refractivity contribution >= 4 is 31.1 Å². The van der Waals surface area contributed by atoms with Crippen LogP contribution in [0, 0.1) is 5.21 Å². The summed E-state index contributed by atoms with van der Waals surface area (Å²) in [6, 6.07) is 0. The lowest BCUT2D eigenvalue weighted by molar-refractivity contribution is -0.493. The molecule has 0 rings (SSSR count). The summed E-state index contributed by atoms with van der Waals surface area (Å²) in [5.74, 6) is 2.27. The second-order valence-corrected chi connectivity index (χ2v) is 5.40. The summed E-state index contributed by atoms with van der Waals surface area (Å²) in [6.45, 7) is 6.94. The molecule has 0 N–H and O–H groups in total. The van der Waals surface area contributed by atoms with E-state index in [0.717, 1.165) is 4.74 Å². The van der Waals surface area contributed by atoms with Crippen molar-refractivity contribution in [3.05, 3.63) is 11.8 Å². The Balaban J connectivity index is 4.52. The SMILES string of the molecule is C=C=[N+]([O-])C(C)(C)I=C. The van der Waals surface area contributed by atoms with Gasteiger partial charge in [-0.25, -0.2) is 0 Å². The van der Waals surface area contributed by atoms with Crippen LogP contribution in [-0.2, 0) is 0 Å². The maximum absolute atomic E-state index is 10.8. The summed E-state index contributed by atoms with van der Waals surface area (Å²) < 4.78 is 4.12. The van der Waals surface area contributed by atoms with Gasteiger partial charge in [0.05, 0.1) is 0 Å². The molecule has 52 valence electrons. The molecule has 0 saturated carbocycles. The van der Waals surface area contributed by atoms with Crippen LogP contribution in [-0.4, -0.2) is 18.7 Å². The minimum absolute atomic E-state index is 0.325. The monoisotopic (exact) mass is 239 g/mol. The van der Waals surface area contributed by atoms with E-state index in [4.69, 9.17) is 0 Å². The van der Waals surface area contributed by atoms with Gasteiger partial charge in [-0.1, -0.05) is 4.51 Å². The maximum Gasteiger partial charge on any atom is 0.220 e. The lowest BCUT2D eigenvalue weighted by Gasteiger charge is -2.15. The number of hydrogen-bond acceptors (Lipinski definition) is 1. The second kappa shape index (κ2) is 3.13. The number of halogens is 1. The first-order valence-corrected chi connectivity index (χ1v) is 5.04. The highest BCUT2D eigenvalue weighted by Crippen LogP contribution is 2.21. The lowest BCUT2D eigenvalue weighted by atomic mass is 10.4. The fourth-order valence-corrected chi connectivity index (χ4v) is 0.723. The zero-order valence-electron chi connectivity index (χ0n) is 5.65. The average molecular weight is 239 g/mol. The Hall–Kier alpha value is -0.150. The third-order valence-corrected chi connectivity index (χ3v) is 3.26. The first-order valence-electron chi connectivity index (χ1n) is 2.44. The van der Waals surface area contributed by atoms with Gasteiger partial charge in [0, 0.05) is 20.4 Å². The predicted octanol–water partition coefficient (Wildman–Crippen LogP) is 1.49. The first-order chi connectivity index (χ1) is 4.04. The summed E-state index contributed by atoms with van der Waals surface area (Å²) in [5.41, 5.74) is 0. The van der Waals surface area contributed by atoms with Crippen LogP contribution in [0.25, 0.3) is 0 Å². The average Bonchev–Trinajstić information content (AvgIpc) is 1.86. The molecule has 0 aromatic carbocycles. The topological polar surface area (TPSA) is 26.1 Å². The van der Waals surface area contributed by atoms with E-state index in [1.807, 2.05) is 13.8 Å². The van der Waals surface area contributed by atoms with Crippen molar-refractivity contribution in [2.75, 3.05) is 0 Å². The van der Waals surface area contributed by atoms with E-state index >= 15 is 0 Å². The molecule has 3 heteroatoms. The molecule has 9 heavy (non-hydrogen) atoms. The highest BCUT2D eigenvalue weighted by molar-refractivity contribution is 14.2. The number of hydroxylamine groups is 1. The van der Waals surface area contributed by atoms with Crippen molar-refractivity contribution in [1.29, 1.82) is 0 Å². The Morgan fingerprint density at radius 1 is 1.67 bits per heavy atom. The first kappa shape index (κ1) is 8.85. The van der Waals surface area contributed by atoms with Crippen LogP contribution in [0.1, 0.15) is 13.8 Å². The summed E-state index contributed by atoms with van der Waals surface area (Å²) in [5, 5.41) is 10.8. The van der Waals surface area contributed by atoms with Crippen molar-refractivity contribution in [2.45, 2.75) is 17.4 Å². The van der Waals surface area contributed by atoms with Gasteiger partial charge in [-0.15, -0.1) is 4.74 Å². The van der Waals surface area contributed by atoms with Crippen LogP contribution in [0.3, 0.4) is 0 Å². The van der Waals surface area contributed by atoms with E-state index in [1.54, 1.807) is 0 Å². The predicted molar refractivity (Wildman–Crippen MR) is 49.5 cm³/mol. The molecule has 0 aromatic heterocycles. The molecule has 0 unspecified atom stereocenters. The van der Waals surface area contributed by atoms with Crippen molar-refractivity contribution < 1.29 is 4.74 Å². The largest absolute Gasteiger partial charge is 0.614 e. The summed E-state index contributed by atoms with van der Waals surface area (Å²) >= 11 is -0.325. The molecular weight excluding hydrogens is 229 g/mol. The molecule has 0 aliphatic carbocycles. The van der Waals surface area contributed by atoms with Crippen LogP contribution < -0.4 is 0 Å². The molecule has 0 aliphatic heterocycles. The zero-order chi connectivity index (χ0) is 7.49. The van der Waals surface area contributed by atoms with Crippen LogP contribution in [0.5, 0.6) is 0 Å². The second-order valence-electron chi connectivity index (χ2n) is 2.00. The summed E-state index contributed by atoms with van der Waals surface area (Å²) in [6.07, 6.45) is 0. The third-order valence-electron chi connectivity index (χ3n) is 0.954. The van der Waals surface area contributed by atoms with E-state index in [9.17, 15) is 5.21 Å². The van der Waals surface area contributed by atoms with Gasteiger partial charge in [0.25, 0.3) is 0 Å². The molecule has 0 radical (unpaired) electrons. The van der Waals surface area contributed by atoms with Crippen LogP contribution in [0.15, 0.2) is 6.58 Å². The molecule has 0 fully saturated rings. The van der Waals surface area contributed by atoms with E-state index in [-0.39, 0.29) is 24.3 Å². The minimum atomic E-state index is -0.347. The Kier molecular flexibility index (Phi) is 3.08. The third kappa shape index (κ3) is 2.28. The number of hydrogen-bond donors (Lipinski definition) is 0. The highest BCUT2D eigenvalue weighted by Gasteiger charge is 2.21. The molecule has 0 aromatic rings. The Bertz CT molecular complexity index is 168. The molecule has 0 heterocycles. The van der Waals surface area contributed by atoms with Gasteiger partial charge in [0.2, 0.25) is 3.55 Å². The molecule has 0 atom stereocenters. The fourth-order valence-electron chi connectivity index (χ4n) is 0.242. The number of alkyl halides is 1. The molecule has 0 saturated heterocycles. The quantitative estimate of drug-likeness (QED) is 0.136. The molecule has 0 aliphatic rings. The fraction of sp³-hybridized carbons (Fsp3) is 0.500. The standard InChI is InChI=1S/C6H10INO/c1-5-8(9)6(2,3)7-4/h1,4H2,2-3H3. The normalized spacial score (nSPS) is 10.4. The Morgan fingerprint density at radius 2 is 2.11 bits per heavy atom. The highest BCUT2D eigenvalue weighted by atomic mass is 127. The molecule has 0 spiro atoms. The van der Waals surface area contributed by atoms with E-state index in [0.29, 0.717) is 0 Å². The molecule has 0 bridgehead atoms. The van der Waals surface area contributed by atoms with Gasteiger partial charge in [-0.05, 0) is 20.7 Å². The zero-order valence-corrected chi connectivity index (χ0v) is 7.81. The van der Waals surface area contributed by atoms with E-state index in [2.05, 4.69) is 17.0 Å². The smallest absolute Gasteiger partial charge is 0.220 e. The summed E-state index contributed by atoms with van der Waals surface area (Å²) in [7, 11) is 0. The Morgan fingerprint density at radius 3 is 2.22 bits per heavy atom. The van der Waals surface area contributed by atoms with Crippen LogP contribution in [0.4, 0.5) is 0 Å². The van der Waals surface area contributed by atoms with Gasteiger partial charge in [-0.2, -0.15) is 0 Å². The van der Waals surface area contributed by atoms with Crippen molar-refractivity contribution in [3.63, 3.8) is 0 Å². The van der Waals surface area contributed by atoms with Gasteiger partial charge in [0.15, 0.2) is 5.87 Å². The number of rotatable bonds is 2. The summed E-state index contributed by atoms with van der Waals surface area (Å²) in [4.78, 5) is 0. The van der Waals surface area contributed by atoms with Gasteiger partial charge >= 0.3 is 0 Å². The van der Waals surface area contributed by atoms with E-state index < -0.39 is 0 Å².